The number of hydrogen-bond donors (Lipinski definition) is 0. The van der Waals surface area contributed by atoms with Gasteiger partial charge in [-0.3, -0.25) is 0 Å². The monoisotopic (exact) mass is 812 g/mol. The summed E-state index contributed by atoms with van der Waals surface area (Å²) in [5, 5.41) is 3.93. The van der Waals surface area contributed by atoms with Crippen molar-refractivity contribution in [3.05, 3.63) is 142 Å². The molecule has 6 aromatic carbocycles. The van der Waals surface area contributed by atoms with Crippen LogP contribution in [0, 0.1) is 36.0 Å². The number of aromatic nitrogens is 2. The Balaban J connectivity index is 1.57. The summed E-state index contributed by atoms with van der Waals surface area (Å²) in [7, 11) is 0. The lowest BCUT2D eigenvalue weighted by Crippen LogP contribution is -2.11. The van der Waals surface area contributed by atoms with Crippen molar-refractivity contribution in [3.8, 4) is 22.5 Å². The summed E-state index contributed by atoms with van der Waals surface area (Å²) in [6.45, 7) is 27.8. The van der Waals surface area contributed by atoms with Crippen LogP contribution in [-0.2, 0) is 21.7 Å². The van der Waals surface area contributed by atoms with Gasteiger partial charge < -0.3 is 9.13 Å². The van der Waals surface area contributed by atoms with E-state index in [9.17, 15) is 4.39 Å². The standard InChI is InChI=1S/C53H53F5N2/c1-28-38(59-39-19-14-29(50(2,3)4)24-34(39)35-25-30(51(5,6)7)15-20-40(35)59)23-18-33(43-44(54)46(56)48(58)47(57)45(43)55)49(28)60-41-21-16-31(52(8,9)10)26-36(41)37-27-32(53(11,12)13)17-22-42(37)60/h14-27H,1-13H3. The van der Waals surface area contributed by atoms with Crippen LogP contribution in [0.3, 0.4) is 0 Å². The van der Waals surface area contributed by atoms with Gasteiger partial charge in [0.2, 0.25) is 5.82 Å². The van der Waals surface area contributed by atoms with Crippen LogP contribution in [0.1, 0.15) is 111 Å². The molecule has 0 aliphatic carbocycles. The Morgan fingerprint density at radius 3 is 0.983 bits per heavy atom. The first-order valence-electron chi connectivity index (χ1n) is 20.6. The van der Waals surface area contributed by atoms with Gasteiger partial charge in [-0.25, -0.2) is 22.0 Å². The van der Waals surface area contributed by atoms with E-state index in [-0.39, 0.29) is 27.2 Å². The molecular formula is C53H53F5N2. The Morgan fingerprint density at radius 1 is 0.367 bits per heavy atom. The number of nitrogens with zero attached hydrogens (tertiary/aromatic N) is 2. The van der Waals surface area contributed by atoms with Gasteiger partial charge in [-0.2, -0.15) is 0 Å². The Bertz CT molecular complexity index is 2910. The van der Waals surface area contributed by atoms with E-state index >= 15 is 17.6 Å². The molecule has 0 amide bonds. The first-order valence-corrected chi connectivity index (χ1v) is 20.6. The summed E-state index contributed by atoms with van der Waals surface area (Å²) in [6, 6.07) is 28.6. The Morgan fingerprint density at radius 2 is 0.667 bits per heavy atom. The fourth-order valence-electron chi connectivity index (χ4n) is 8.68. The molecule has 7 heteroatoms. The minimum atomic E-state index is -2.19. The van der Waals surface area contributed by atoms with Crippen LogP contribution in [0.15, 0.2) is 84.9 Å². The largest absolute Gasteiger partial charge is 0.309 e. The molecule has 0 saturated heterocycles. The van der Waals surface area contributed by atoms with E-state index < -0.39 is 34.6 Å². The summed E-state index contributed by atoms with van der Waals surface area (Å²) < 4.78 is 81.5. The first-order chi connectivity index (χ1) is 27.8. The molecule has 8 rings (SSSR count). The zero-order valence-electron chi connectivity index (χ0n) is 36.9. The quantitative estimate of drug-likeness (QED) is 0.0955. The number of benzene rings is 6. The minimum Gasteiger partial charge on any atom is -0.309 e. The molecule has 0 aliphatic rings. The number of rotatable bonds is 3. The van der Waals surface area contributed by atoms with Gasteiger partial charge in [-0.1, -0.05) is 107 Å². The lowest BCUT2D eigenvalue weighted by molar-refractivity contribution is 0.381. The van der Waals surface area contributed by atoms with Gasteiger partial charge in [0.15, 0.2) is 23.3 Å². The molecule has 2 nitrogen and oxygen atoms in total. The summed E-state index contributed by atoms with van der Waals surface area (Å²) in [5.74, 6) is -9.94. The number of hydrogen-bond acceptors (Lipinski definition) is 0. The highest BCUT2D eigenvalue weighted by Crippen LogP contribution is 2.46. The van der Waals surface area contributed by atoms with Gasteiger partial charge >= 0.3 is 0 Å². The summed E-state index contributed by atoms with van der Waals surface area (Å²) in [4.78, 5) is 0. The molecule has 0 saturated carbocycles. The van der Waals surface area contributed by atoms with Crippen molar-refractivity contribution in [1.29, 1.82) is 0 Å². The topological polar surface area (TPSA) is 9.86 Å². The highest BCUT2D eigenvalue weighted by Gasteiger charge is 2.32. The zero-order chi connectivity index (χ0) is 43.8. The van der Waals surface area contributed by atoms with Gasteiger partial charge in [0.05, 0.1) is 39.0 Å². The minimum absolute atomic E-state index is 0.117. The van der Waals surface area contributed by atoms with Crippen LogP contribution in [0.2, 0.25) is 0 Å². The number of halogens is 5. The second-order valence-electron chi connectivity index (χ2n) is 20.6. The third-order valence-corrected chi connectivity index (χ3v) is 12.3. The van der Waals surface area contributed by atoms with E-state index in [4.69, 9.17) is 0 Å². The Labute approximate surface area is 349 Å². The SMILES string of the molecule is Cc1c(-n2c3ccc(C(C)(C)C)cc3c3cc(C(C)(C)C)ccc32)ccc(-c2c(F)c(F)c(F)c(F)c2F)c1-n1c2ccc(C(C)(C)C)cc2c2cc(C(C)(C)C)ccc21. The molecule has 8 aromatic rings. The van der Waals surface area contributed by atoms with Crippen LogP contribution < -0.4 is 0 Å². The second kappa shape index (κ2) is 13.5. The molecule has 0 N–H and O–H groups in total. The van der Waals surface area contributed by atoms with E-state index in [2.05, 4.69) is 136 Å². The maximum Gasteiger partial charge on any atom is 0.200 e. The fourth-order valence-corrected chi connectivity index (χ4v) is 8.68. The van der Waals surface area contributed by atoms with Crippen molar-refractivity contribution < 1.29 is 22.0 Å². The van der Waals surface area contributed by atoms with E-state index in [1.54, 1.807) is 6.07 Å². The third kappa shape index (κ3) is 6.42. The fraction of sp³-hybridized carbons (Fsp3) is 0.321. The van der Waals surface area contributed by atoms with Crippen LogP contribution in [0.25, 0.3) is 66.1 Å². The smallest absolute Gasteiger partial charge is 0.200 e. The molecule has 0 radical (unpaired) electrons. The first kappa shape index (κ1) is 41.3. The molecule has 0 aliphatic heterocycles. The molecule has 0 unspecified atom stereocenters. The van der Waals surface area contributed by atoms with Gasteiger partial charge in [-0.05, 0) is 117 Å². The third-order valence-electron chi connectivity index (χ3n) is 12.3. The lowest BCUT2D eigenvalue weighted by Gasteiger charge is -2.23. The van der Waals surface area contributed by atoms with Crippen molar-refractivity contribution in [2.24, 2.45) is 0 Å². The van der Waals surface area contributed by atoms with Gasteiger partial charge in [0, 0.05) is 27.1 Å². The lowest BCUT2D eigenvalue weighted by atomic mass is 9.85. The van der Waals surface area contributed by atoms with Crippen molar-refractivity contribution in [1.82, 2.24) is 9.13 Å². The van der Waals surface area contributed by atoms with Crippen LogP contribution in [0.4, 0.5) is 22.0 Å². The maximum absolute atomic E-state index is 16.2. The van der Waals surface area contributed by atoms with E-state index in [0.717, 1.165) is 54.7 Å². The van der Waals surface area contributed by atoms with Crippen molar-refractivity contribution in [2.75, 3.05) is 0 Å². The van der Waals surface area contributed by atoms with E-state index in [1.807, 2.05) is 35.8 Å². The molecule has 0 spiro atoms. The molecule has 60 heavy (non-hydrogen) atoms. The summed E-state index contributed by atoms with van der Waals surface area (Å²) in [5.41, 5.74) is 7.72. The molecule has 2 heterocycles. The van der Waals surface area contributed by atoms with Gasteiger partial charge in [0.25, 0.3) is 0 Å². The number of fused-ring (bicyclic) bond motifs is 6. The predicted molar refractivity (Wildman–Crippen MR) is 240 cm³/mol. The van der Waals surface area contributed by atoms with Gasteiger partial charge in [-0.15, -0.1) is 0 Å². The molecule has 0 fully saturated rings. The normalized spacial score (nSPS) is 13.2. The second-order valence-corrected chi connectivity index (χ2v) is 20.6. The molecular weight excluding hydrogens is 760 g/mol. The van der Waals surface area contributed by atoms with Crippen LogP contribution >= 0.6 is 0 Å². The van der Waals surface area contributed by atoms with Crippen molar-refractivity contribution in [2.45, 2.75) is 112 Å². The average Bonchev–Trinajstić information content (AvgIpc) is 3.66. The maximum atomic E-state index is 16.2. The van der Waals surface area contributed by atoms with E-state index in [1.165, 1.54) is 17.2 Å². The molecule has 310 valence electrons. The van der Waals surface area contributed by atoms with Crippen molar-refractivity contribution in [3.63, 3.8) is 0 Å². The zero-order valence-corrected chi connectivity index (χ0v) is 36.9. The summed E-state index contributed by atoms with van der Waals surface area (Å²) in [6.07, 6.45) is 0. The molecule has 2 aromatic heterocycles. The predicted octanol–water partition coefficient (Wildman–Crippen LogP) is 15.7. The van der Waals surface area contributed by atoms with Gasteiger partial charge in [0.1, 0.15) is 0 Å². The van der Waals surface area contributed by atoms with Crippen LogP contribution in [-0.4, -0.2) is 9.13 Å². The van der Waals surface area contributed by atoms with Crippen molar-refractivity contribution >= 4 is 43.6 Å². The average molecular weight is 813 g/mol. The Kier molecular flexibility index (Phi) is 9.32. The Hall–Kier alpha value is -5.43. The molecule has 0 bridgehead atoms. The molecule has 0 atom stereocenters. The highest BCUT2D eigenvalue weighted by molar-refractivity contribution is 6.12. The highest BCUT2D eigenvalue weighted by atomic mass is 19.2. The van der Waals surface area contributed by atoms with E-state index in [0.29, 0.717) is 16.9 Å². The van der Waals surface area contributed by atoms with Crippen LogP contribution in [0.5, 0.6) is 0 Å². The summed E-state index contributed by atoms with van der Waals surface area (Å²) >= 11 is 0.